The third-order valence-corrected chi connectivity index (χ3v) is 6.13. The average molecular weight is 445 g/mol. The lowest BCUT2D eigenvalue weighted by Gasteiger charge is -2.29. The molecule has 0 unspecified atom stereocenters. The molecule has 31 heavy (non-hydrogen) atoms. The van der Waals surface area contributed by atoms with Crippen LogP contribution in [0.2, 0.25) is 5.02 Å². The average Bonchev–Trinajstić information content (AvgIpc) is 3.39. The first-order valence-corrected chi connectivity index (χ1v) is 10.9. The Morgan fingerprint density at radius 3 is 2.52 bits per heavy atom. The van der Waals surface area contributed by atoms with Crippen LogP contribution in [0.5, 0.6) is 0 Å². The van der Waals surface area contributed by atoms with Crippen molar-refractivity contribution in [3.8, 4) is 5.69 Å². The van der Waals surface area contributed by atoms with Gasteiger partial charge in [-0.25, -0.2) is 0 Å². The molecule has 1 N–H and O–H groups in total. The molecule has 2 aromatic carbocycles. The van der Waals surface area contributed by atoms with Crippen molar-refractivity contribution >= 4 is 34.6 Å². The molecule has 154 valence electrons. The van der Waals surface area contributed by atoms with Gasteiger partial charge >= 0.3 is 0 Å². The van der Waals surface area contributed by atoms with E-state index in [-0.39, 0.29) is 12.1 Å². The second kappa shape index (κ2) is 8.17. The minimum Gasteiger partial charge on any atom is -0.351 e. The summed E-state index contributed by atoms with van der Waals surface area (Å²) in [6.07, 6.45) is 3.92. The maximum absolute atomic E-state index is 6.15. The van der Waals surface area contributed by atoms with Crippen LogP contribution in [-0.2, 0) is 0 Å². The Morgan fingerprint density at radius 2 is 1.77 bits per heavy atom. The molecule has 5 rings (SSSR count). The van der Waals surface area contributed by atoms with Crippen LogP contribution in [0.1, 0.15) is 29.0 Å². The number of rotatable bonds is 4. The summed E-state index contributed by atoms with van der Waals surface area (Å²) >= 11 is 12.0. The molecule has 1 saturated heterocycles. The van der Waals surface area contributed by atoms with Gasteiger partial charge in [-0.2, -0.15) is 0 Å². The number of benzene rings is 2. The number of aryl methyl sites for hydroxylation is 1. The lowest BCUT2D eigenvalue weighted by Crippen LogP contribution is -2.30. The highest BCUT2D eigenvalue weighted by atomic mass is 35.5. The van der Waals surface area contributed by atoms with E-state index < -0.39 is 0 Å². The van der Waals surface area contributed by atoms with Crippen molar-refractivity contribution in [3.05, 3.63) is 113 Å². The minimum absolute atomic E-state index is 0.0842. The molecule has 1 aliphatic rings. The highest BCUT2D eigenvalue weighted by Gasteiger charge is 2.42. The van der Waals surface area contributed by atoms with Gasteiger partial charge in [0.25, 0.3) is 0 Å². The second-order valence-electron chi connectivity index (χ2n) is 7.62. The lowest BCUT2D eigenvalue weighted by atomic mass is 10.0. The predicted octanol–water partition coefficient (Wildman–Crippen LogP) is 6.01. The minimum atomic E-state index is -0.0946. The largest absolute Gasteiger partial charge is 0.351 e. The molecule has 4 aromatic rings. The molecule has 0 aliphatic carbocycles. The number of hydrogen-bond donors (Lipinski definition) is 1. The van der Waals surface area contributed by atoms with Crippen molar-refractivity contribution in [2.75, 3.05) is 4.90 Å². The molecule has 1 aliphatic heterocycles. The third kappa shape index (κ3) is 3.71. The highest BCUT2D eigenvalue weighted by Crippen LogP contribution is 2.42. The number of nitrogens with one attached hydrogen (secondary N) is 1. The summed E-state index contributed by atoms with van der Waals surface area (Å²) in [6.45, 7) is 2.11. The molecule has 0 spiro atoms. The fraction of sp³-hybridized carbons (Fsp3) is 0.120. The fourth-order valence-electron chi connectivity index (χ4n) is 4.18. The first-order chi connectivity index (χ1) is 15.1. The van der Waals surface area contributed by atoms with Gasteiger partial charge < -0.3 is 14.8 Å². The Labute approximate surface area is 192 Å². The molecule has 1 fully saturated rings. The number of anilines is 1. The standard InChI is InChI=1S/C25H21ClN4S/c1-17-6-4-7-20(16-17)29-15-5-9-22(29)24-23(21-8-2-3-14-27-21)28-25(31)30(24)19-12-10-18(26)11-13-19/h2-16,23-24H,1H3,(H,28,31)/t23-,24-/m0/s1. The molecule has 0 radical (unpaired) electrons. The van der Waals surface area contributed by atoms with E-state index in [0.717, 1.165) is 22.8 Å². The van der Waals surface area contributed by atoms with E-state index in [1.807, 2.05) is 48.7 Å². The first kappa shape index (κ1) is 19.8. The van der Waals surface area contributed by atoms with Crippen molar-refractivity contribution < 1.29 is 0 Å². The molecule has 3 heterocycles. The van der Waals surface area contributed by atoms with Gasteiger partial charge in [-0.3, -0.25) is 4.98 Å². The van der Waals surface area contributed by atoms with E-state index in [1.54, 1.807) is 0 Å². The van der Waals surface area contributed by atoms with Gasteiger partial charge in [0, 0.05) is 34.5 Å². The van der Waals surface area contributed by atoms with Crippen molar-refractivity contribution in [2.45, 2.75) is 19.0 Å². The van der Waals surface area contributed by atoms with Crippen LogP contribution < -0.4 is 10.2 Å². The van der Waals surface area contributed by atoms with E-state index in [4.69, 9.17) is 23.8 Å². The summed E-state index contributed by atoms with van der Waals surface area (Å²) in [5.41, 5.74) is 5.40. The Kier molecular flexibility index (Phi) is 5.22. The summed E-state index contributed by atoms with van der Waals surface area (Å²) in [5, 5.41) is 4.87. The summed E-state index contributed by atoms with van der Waals surface area (Å²) in [7, 11) is 0. The lowest BCUT2D eigenvalue weighted by molar-refractivity contribution is 0.549. The van der Waals surface area contributed by atoms with Crippen LogP contribution in [-0.4, -0.2) is 14.7 Å². The topological polar surface area (TPSA) is 33.1 Å². The summed E-state index contributed by atoms with van der Waals surface area (Å²) in [4.78, 5) is 6.79. The van der Waals surface area contributed by atoms with Crippen LogP contribution in [0.4, 0.5) is 5.69 Å². The molecule has 4 nitrogen and oxygen atoms in total. The molecule has 0 bridgehead atoms. The smallest absolute Gasteiger partial charge is 0.174 e. The molecule has 0 amide bonds. The monoisotopic (exact) mass is 444 g/mol. The maximum Gasteiger partial charge on any atom is 0.174 e. The van der Waals surface area contributed by atoms with Gasteiger partial charge in [0.15, 0.2) is 5.11 Å². The number of nitrogens with zero attached hydrogens (tertiary/aromatic N) is 3. The van der Waals surface area contributed by atoms with Crippen LogP contribution in [0.3, 0.4) is 0 Å². The van der Waals surface area contributed by atoms with Crippen LogP contribution in [0.25, 0.3) is 5.69 Å². The van der Waals surface area contributed by atoms with Crippen molar-refractivity contribution in [1.29, 1.82) is 0 Å². The third-order valence-electron chi connectivity index (χ3n) is 5.57. The molecular formula is C25H21ClN4S. The quantitative estimate of drug-likeness (QED) is 0.391. The van der Waals surface area contributed by atoms with Gasteiger partial charge in [-0.1, -0.05) is 29.8 Å². The second-order valence-corrected chi connectivity index (χ2v) is 8.44. The molecule has 6 heteroatoms. The van der Waals surface area contributed by atoms with Crippen molar-refractivity contribution in [3.63, 3.8) is 0 Å². The van der Waals surface area contributed by atoms with E-state index in [9.17, 15) is 0 Å². The molecule has 2 aromatic heterocycles. The number of pyridine rings is 1. The number of halogens is 1. The summed E-state index contributed by atoms with van der Waals surface area (Å²) in [6, 6.07) is 26.3. The highest BCUT2D eigenvalue weighted by molar-refractivity contribution is 7.80. The van der Waals surface area contributed by atoms with Crippen LogP contribution in [0, 0.1) is 6.92 Å². The van der Waals surface area contributed by atoms with Crippen molar-refractivity contribution in [1.82, 2.24) is 14.9 Å². The van der Waals surface area contributed by atoms with E-state index in [2.05, 4.69) is 69.3 Å². The zero-order valence-corrected chi connectivity index (χ0v) is 18.5. The van der Waals surface area contributed by atoms with Gasteiger partial charge in [-0.05, 0) is 85.4 Å². The van der Waals surface area contributed by atoms with Crippen LogP contribution in [0.15, 0.2) is 91.3 Å². The Hall–Kier alpha value is -3.15. The van der Waals surface area contributed by atoms with Gasteiger partial charge in [0.05, 0.1) is 11.7 Å². The Morgan fingerprint density at radius 1 is 0.935 bits per heavy atom. The van der Waals surface area contributed by atoms with Gasteiger partial charge in [-0.15, -0.1) is 0 Å². The number of aromatic nitrogens is 2. The summed E-state index contributed by atoms with van der Waals surface area (Å²) in [5.74, 6) is 0. The zero-order valence-electron chi connectivity index (χ0n) is 16.9. The van der Waals surface area contributed by atoms with E-state index >= 15 is 0 Å². The fourth-order valence-corrected chi connectivity index (χ4v) is 4.66. The SMILES string of the molecule is Cc1cccc(-n2cccc2[C@H]2[C@H](c3ccccn3)NC(=S)N2c2ccc(Cl)cc2)c1. The molecule has 0 saturated carbocycles. The van der Waals surface area contributed by atoms with Crippen molar-refractivity contribution in [2.24, 2.45) is 0 Å². The zero-order chi connectivity index (χ0) is 21.4. The van der Waals surface area contributed by atoms with E-state index in [1.165, 1.54) is 5.56 Å². The molecule has 2 atom stereocenters. The Bertz CT molecular complexity index is 1220. The normalized spacial score (nSPS) is 18.3. The first-order valence-electron chi connectivity index (χ1n) is 10.1. The Balaban J connectivity index is 1.67. The van der Waals surface area contributed by atoms with Gasteiger partial charge in [0.1, 0.15) is 6.04 Å². The van der Waals surface area contributed by atoms with Gasteiger partial charge in [0.2, 0.25) is 0 Å². The summed E-state index contributed by atoms with van der Waals surface area (Å²) < 4.78 is 2.23. The van der Waals surface area contributed by atoms with Crippen LogP contribution >= 0.6 is 23.8 Å². The predicted molar refractivity (Wildman–Crippen MR) is 130 cm³/mol. The molecular weight excluding hydrogens is 424 g/mol. The van der Waals surface area contributed by atoms with E-state index in [0.29, 0.717) is 10.1 Å². The number of thiocarbonyl (C=S) groups is 1. The maximum atomic E-state index is 6.15. The number of hydrogen-bond acceptors (Lipinski definition) is 2.